The minimum Gasteiger partial charge on any atom is -0.454 e. The van der Waals surface area contributed by atoms with Crippen LogP contribution in [0.1, 0.15) is 29.9 Å². The van der Waals surface area contributed by atoms with Crippen molar-refractivity contribution in [1.29, 1.82) is 0 Å². The quantitative estimate of drug-likeness (QED) is 0.865. The molecule has 0 saturated heterocycles. The Bertz CT molecular complexity index is 837. The molecule has 2 aliphatic rings. The van der Waals surface area contributed by atoms with Gasteiger partial charge in [-0.25, -0.2) is 4.98 Å². The van der Waals surface area contributed by atoms with Gasteiger partial charge in [0.15, 0.2) is 11.5 Å². The summed E-state index contributed by atoms with van der Waals surface area (Å²) < 4.78 is 12.8. The van der Waals surface area contributed by atoms with Crippen molar-refractivity contribution in [2.75, 3.05) is 13.3 Å². The number of fused-ring (bicyclic) bond motifs is 2. The summed E-state index contributed by atoms with van der Waals surface area (Å²) >= 11 is 0. The van der Waals surface area contributed by atoms with Crippen LogP contribution in [0.3, 0.4) is 0 Å². The minimum atomic E-state index is -0.290. The average Bonchev–Trinajstić information content (AvgIpc) is 3.25. The third kappa shape index (κ3) is 3.61. The van der Waals surface area contributed by atoms with Crippen LogP contribution >= 0.6 is 0 Å². The summed E-state index contributed by atoms with van der Waals surface area (Å²) in [6, 6.07) is 5.38. The summed E-state index contributed by atoms with van der Waals surface area (Å²) in [5.41, 5.74) is 1.75. The molecule has 1 aromatic heterocycles. The van der Waals surface area contributed by atoms with Crippen LogP contribution in [0.4, 0.5) is 0 Å². The van der Waals surface area contributed by atoms with Crippen molar-refractivity contribution in [2.45, 2.75) is 32.2 Å². The highest BCUT2D eigenvalue weighted by Gasteiger charge is 2.13. The molecule has 128 valence electrons. The van der Waals surface area contributed by atoms with Crippen LogP contribution in [0, 0.1) is 11.8 Å². The number of nitrogens with one attached hydrogen (secondary N) is 1. The number of benzene rings is 1. The molecule has 0 fully saturated rings. The van der Waals surface area contributed by atoms with Crippen molar-refractivity contribution < 1.29 is 14.3 Å². The predicted molar refractivity (Wildman–Crippen MR) is 91.3 cm³/mol. The summed E-state index contributed by atoms with van der Waals surface area (Å²) in [4.78, 5) is 16.5. The van der Waals surface area contributed by atoms with Gasteiger partial charge in [-0.2, -0.15) is 0 Å². The van der Waals surface area contributed by atoms with Crippen molar-refractivity contribution in [3.8, 4) is 23.3 Å². The SMILES string of the molecule is O=C(C#Cc1ccc2c(c1)OCO2)NCCc1cn2c(n1)CCCC2. The number of imidazole rings is 1. The van der Waals surface area contributed by atoms with Crippen LogP contribution in [0.2, 0.25) is 0 Å². The summed E-state index contributed by atoms with van der Waals surface area (Å²) in [6.45, 7) is 1.81. The third-order valence-electron chi connectivity index (χ3n) is 4.32. The van der Waals surface area contributed by atoms with E-state index >= 15 is 0 Å². The third-order valence-corrected chi connectivity index (χ3v) is 4.32. The molecular formula is C19H19N3O3. The molecule has 0 spiro atoms. The molecule has 0 atom stereocenters. The molecule has 4 rings (SSSR count). The number of rotatable bonds is 3. The lowest BCUT2D eigenvalue weighted by Crippen LogP contribution is -2.24. The van der Waals surface area contributed by atoms with Crippen LogP contribution in [-0.2, 0) is 24.2 Å². The lowest BCUT2D eigenvalue weighted by molar-refractivity contribution is -0.115. The molecule has 2 aliphatic heterocycles. The van der Waals surface area contributed by atoms with Crippen LogP contribution in [-0.4, -0.2) is 28.8 Å². The van der Waals surface area contributed by atoms with Gasteiger partial charge in [0.1, 0.15) is 5.82 Å². The van der Waals surface area contributed by atoms with Gasteiger partial charge < -0.3 is 19.4 Å². The Morgan fingerprint density at radius 1 is 1.28 bits per heavy atom. The Labute approximate surface area is 146 Å². The largest absolute Gasteiger partial charge is 0.454 e. The second-order valence-electron chi connectivity index (χ2n) is 6.12. The van der Waals surface area contributed by atoms with Gasteiger partial charge in [0.05, 0.1) is 5.69 Å². The molecule has 2 aromatic rings. The molecule has 1 N–H and O–H groups in total. The summed E-state index contributed by atoms with van der Waals surface area (Å²) in [5, 5.41) is 2.82. The van der Waals surface area contributed by atoms with E-state index in [9.17, 15) is 4.79 Å². The van der Waals surface area contributed by atoms with Crippen LogP contribution in [0.5, 0.6) is 11.5 Å². The standard InChI is InChI=1S/C19H19N3O3/c23-19(7-5-14-4-6-16-17(11-14)25-13-24-16)20-9-8-15-12-22-10-2-1-3-18(22)21-15/h4,6,11-12H,1-3,8-10,13H2,(H,20,23). The molecule has 6 nitrogen and oxygen atoms in total. The minimum absolute atomic E-state index is 0.226. The number of nitrogens with zero attached hydrogens (tertiary/aromatic N) is 2. The first-order valence-corrected chi connectivity index (χ1v) is 8.52. The van der Waals surface area contributed by atoms with Crippen LogP contribution in [0.25, 0.3) is 0 Å². The van der Waals surface area contributed by atoms with Crippen molar-refractivity contribution in [3.63, 3.8) is 0 Å². The second kappa shape index (κ2) is 6.89. The van der Waals surface area contributed by atoms with Crippen molar-refractivity contribution >= 4 is 5.91 Å². The van der Waals surface area contributed by atoms with E-state index in [0.717, 1.165) is 36.5 Å². The molecule has 0 bridgehead atoms. The summed E-state index contributed by atoms with van der Waals surface area (Å²) in [7, 11) is 0. The molecule has 6 heteroatoms. The van der Waals surface area contributed by atoms with E-state index in [4.69, 9.17) is 9.47 Å². The van der Waals surface area contributed by atoms with E-state index < -0.39 is 0 Å². The predicted octanol–water partition coefficient (Wildman–Crippen LogP) is 1.66. The summed E-state index contributed by atoms with van der Waals surface area (Å²) in [6.07, 6.45) is 6.29. The van der Waals surface area contributed by atoms with Crippen molar-refractivity contribution in [2.24, 2.45) is 0 Å². The van der Waals surface area contributed by atoms with Gasteiger partial charge in [-0.15, -0.1) is 0 Å². The zero-order valence-corrected chi connectivity index (χ0v) is 13.9. The van der Waals surface area contributed by atoms with Gasteiger partial charge in [-0.3, -0.25) is 4.79 Å². The average molecular weight is 337 g/mol. The van der Waals surface area contributed by atoms with Gasteiger partial charge in [0.2, 0.25) is 6.79 Å². The van der Waals surface area contributed by atoms with E-state index in [1.54, 1.807) is 12.1 Å². The molecular weight excluding hydrogens is 318 g/mol. The Morgan fingerprint density at radius 3 is 3.12 bits per heavy atom. The monoisotopic (exact) mass is 337 g/mol. The Balaban J connectivity index is 1.29. The second-order valence-corrected chi connectivity index (χ2v) is 6.12. The number of carbonyl (C=O) groups is 1. The molecule has 0 radical (unpaired) electrons. The van der Waals surface area contributed by atoms with E-state index in [2.05, 4.69) is 32.9 Å². The fraction of sp³-hybridized carbons (Fsp3) is 0.368. The number of hydrogen-bond acceptors (Lipinski definition) is 4. The molecule has 0 saturated carbocycles. The van der Waals surface area contributed by atoms with Gasteiger partial charge >= 0.3 is 0 Å². The van der Waals surface area contributed by atoms with Gasteiger partial charge in [0, 0.05) is 43.6 Å². The smallest absolute Gasteiger partial charge is 0.296 e. The van der Waals surface area contributed by atoms with Crippen molar-refractivity contribution in [1.82, 2.24) is 14.9 Å². The number of aryl methyl sites for hydroxylation is 2. The van der Waals surface area contributed by atoms with E-state index in [1.165, 1.54) is 12.8 Å². The topological polar surface area (TPSA) is 65.4 Å². The molecule has 25 heavy (non-hydrogen) atoms. The molecule has 1 amide bonds. The first kappa shape index (κ1) is 15.6. The fourth-order valence-electron chi connectivity index (χ4n) is 3.04. The van der Waals surface area contributed by atoms with Crippen LogP contribution in [0.15, 0.2) is 24.4 Å². The fourth-order valence-corrected chi connectivity index (χ4v) is 3.04. The lowest BCUT2D eigenvalue weighted by atomic mass is 10.2. The normalized spacial score (nSPS) is 14.4. The van der Waals surface area contributed by atoms with E-state index in [-0.39, 0.29) is 12.7 Å². The van der Waals surface area contributed by atoms with E-state index in [1.807, 2.05) is 6.07 Å². The van der Waals surface area contributed by atoms with E-state index in [0.29, 0.717) is 18.0 Å². The number of ether oxygens (including phenoxy) is 2. The number of carbonyl (C=O) groups excluding carboxylic acids is 1. The van der Waals surface area contributed by atoms with Crippen molar-refractivity contribution in [3.05, 3.63) is 41.5 Å². The summed E-state index contributed by atoms with van der Waals surface area (Å²) in [5.74, 6) is 7.69. The Morgan fingerprint density at radius 2 is 2.20 bits per heavy atom. The highest BCUT2D eigenvalue weighted by molar-refractivity contribution is 5.94. The molecule has 3 heterocycles. The maximum atomic E-state index is 11.9. The number of hydrogen-bond donors (Lipinski definition) is 1. The maximum Gasteiger partial charge on any atom is 0.296 e. The van der Waals surface area contributed by atoms with Crippen LogP contribution < -0.4 is 14.8 Å². The zero-order valence-electron chi connectivity index (χ0n) is 13.9. The number of aromatic nitrogens is 2. The lowest BCUT2D eigenvalue weighted by Gasteiger charge is -2.11. The van der Waals surface area contributed by atoms with Gasteiger partial charge in [-0.1, -0.05) is 5.92 Å². The molecule has 0 unspecified atom stereocenters. The zero-order chi connectivity index (χ0) is 17.1. The number of amides is 1. The van der Waals surface area contributed by atoms with Gasteiger partial charge in [0.25, 0.3) is 5.91 Å². The Hall–Kier alpha value is -2.94. The highest BCUT2D eigenvalue weighted by atomic mass is 16.7. The first-order chi connectivity index (χ1) is 12.3. The maximum absolute atomic E-state index is 11.9. The highest BCUT2D eigenvalue weighted by Crippen LogP contribution is 2.32. The first-order valence-electron chi connectivity index (χ1n) is 8.52. The molecule has 0 aliphatic carbocycles. The van der Waals surface area contributed by atoms with Gasteiger partial charge in [-0.05, 0) is 31.0 Å². The Kier molecular flexibility index (Phi) is 4.30. The molecule has 1 aromatic carbocycles.